The third kappa shape index (κ3) is 3.84. The molecule has 0 fully saturated rings. The summed E-state index contributed by atoms with van der Waals surface area (Å²) in [6.45, 7) is 4.70. The van der Waals surface area contributed by atoms with Crippen LogP contribution >= 0.6 is 0 Å². The summed E-state index contributed by atoms with van der Waals surface area (Å²) < 4.78 is 0. The minimum Gasteiger partial charge on any atom is -0.264 e. The lowest BCUT2D eigenvalue weighted by Crippen LogP contribution is -2.14. The van der Waals surface area contributed by atoms with E-state index in [1.807, 2.05) is 12.4 Å². The van der Waals surface area contributed by atoms with Crippen molar-refractivity contribution in [3.63, 3.8) is 0 Å². The third-order valence-electron chi connectivity index (χ3n) is 9.95. The van der Waals surface area contributed by atoms with E-state index in [2.05, 4.69) is 158 Å². The molecule has 1 aromatic heterocycles. The van der Waals surface area contributed by atoms with Gasteiger partial charge in [0.05, 0.1) is 0 Å². The zero-order valence-corrected chi connectivity index (χ0v) is 25.4. The van der Waals surface area contributed by atoms with Crippen LogP contribution in [-0.4, -0.2) is 4.98 Å². The van der Waals surface area contributed by atoms with Gasteiger partial charge in [0.1, 0.15) is 0 Å². The molecule has 45 heavy (non-hydrogen) atoms. The van der Waals surface area contributed by atoms with Crippen LogP contribution in [0.5, 0.6) is 0 Å². The molecule has 0 aliphatic heterocycles. The molecule has 9 rings (SSSR count). The second-order valence-electron chi connectivity index (χ2n) is 12.8. The van der Waals surface area contributed by atoms with E-state index >= 15 is 0 Å². The van der Waals surface area contributed by atoms with Gasteiger partial charge < -0.3 is 0 Å². The number of fused-ring (bicyclic) bond motifs is 6. The first-order valence-electron chi connectivity index (χ1n) is 15.7. The summed E-state index contributed by atoms with van der Waals surface area (Å²) in [6, 6.07) is 51.3. The van der Waals surface area contributed by atoms with E-state index in [0.717, 1.165) is 0 Å². The van der Waals surface area contributed by atoms with Gasteiger partial charge in [-0.25, -0.2) is 0 Å². The maximum Gasteiger partial charge on any atom is 0.0353 e. The standard InChI is InChI=1S/C44H31N/c1-44(2)40-20-8-7-16-33(40)34-22-21-30(26-41(34)44)29-13-9-14-31(25-29)42-36-17-5-6-18-37(36)43(38-23-24-45-27-39(38)42)35-19-10-12-28-11-3-4-15-32(28)35/h3-27H,1-2H3. The Morgan fingerprint density at radius 3 is 1.93 bits per heavy atom. The fourth-order valence-corrected chi connectivity index (χ4v) is 7.80. The lowest BCUT2D eigenvalue weighted by atomic mass is 9.81. The van der Waals surface area contributed by atoms with E-state index in [9.17, 15) is 0 Å². The van der Waals surface area contributed by atoms with Crippen molar-refractivity contribution in [1.29, 1.82) is 0 Å². The summed E-state index contributed by atoms with van der Waals surface area (Å²) in [5.74, 6) is 0. The fraction of sp³-hybridized carbons (Fsp3) is 0.0682. The molecule has 0 saturated carbocycles. The molecule has 0 bridgehead atoms. The molecule has 1 heterocycles. The lowest BCUT2D eigenvalue weighted by molar-refractivity contribution is 0.660. The summed E-state index contributed by atoms with van der Waals surface area (Å²) in [5.41, 5.74) is 12.9. The van der Waals surface area contributed by atoms with Crippen LogP contribution < -0.4 is 0 Å². The molecule has 8 aromatic rings. The Labute approximate surface area is 263 Å². The van der Waals surface area contributed by atoms with E-state index in [-0.39, 0.29) is 5.41 Å². The average molecular weight is 574 g/mol. The second-order valence-corrected chi connectivity index (χ2v) is 12.8. The molecule has 1 nitrogen and oxygen atoms in total. The van der Waals surface area contributed by atoms with Gasteiger partial charge in [-0.15, -0.1) is 0 Å². The van der Waals surface area contributed by atoms with E-state index in [1.165, 1.54) is 88.0 Å². The number of hydrogen-bond acceptors (Lipinski definition) is 1. The van der Waals surface area contributed by atoms with Gasteiger partial charge in [-0.2, -0.15) is 0 Å². The second kappa shape index (κ2) is 9.74. The highest BCUT2D eigenvalue weighted by molar-refractivity contribution is 6.23. The molecule has 0 spiro atoms. The maximum atomic E-state index is 4.66. The summed E-state index contributed by atoms with van der Waals surface area (Å²) in [4.78, 5) is 4.66. The molecule has 7 aromatic carbocycles. The highest BCUT2D eigenvalue weighted by atomic mass is 14.6. The Bertz CT molecular complexity index is 2400. The minimum absolute atomic E-state index is 0.0327. The van der Waals surface area contributed by atoms with Gasteiger partial charge in [0.15, 0.2) is 0 Å². The molecular weight excluding hydrogens is 542 g/mol. The van der Waals surface area contributed by atoms with Gasteiger partial charge in [0, 0.05) is 23.2 Å². The molecule has 0 N–H and O–H groups in total. The van der Waals surface area contributed by atoms with Crippen LogP contribution in [0.3, 0.4) is 0 Å². The van der Waals surface area contributed by atoms with Crippen LogP contribution in [0.25, 0.3) is 76.8 Å². The number of aromatic nitrogens is 1. The van der Waals surface area contributed by atoms with E-state index in [4.69, 9.17) is 0 Å². The summed E-state index contributed by atoms with van der Waals surface area (Å²) in [6.07, 6.45) is 3.98. The van der Waals surface area contributed by atoms with Crippen molar-refractivity contribution < 1.29 is 0 Å². The molecule has 1 heteroatoms. The van der Waals surface area contributed by atoms with Gasteiger partial charge in [0.25, 0.3) is 0 Å². The number of pyridine rings is 1. The minimum atomic E-state index is -0.0327. The zero-order valence-electron chi connectivity index (χ0n) is 25.4. The van der Waals surface area contributed by atoms with E-state index in [1.54, 1.807) is 0 Å². The normalized spacial score (nSPS) is 13.3. The van der Waals surface area contributed by atoms with Crippen molar-refractivity contribution in [3.05, 3.63) is 163 Å². The smallest absolute Gasteiger partial charge is 0.0353 e. The summed E-state index contributed by atoms with van der Waals surface area (Å²) >= 11 is 0. The number of rotatable bonds is 3. The van der Waals surface area contributed by atoms with Gasteiger partial charge in [-0.1, -0.05) is 135 Å². The van der Waals surface area contributed by atoms with Crippen molar-refractivity contribution in [1.82, 2.24) is 4.98 Å². The molecular formula is C44H31N. The molecule has 0 atom stereocenters. The molecule has 1 aliphatic carbocycles. The molecule has 0 radical (unpaired) electrons. The summed E-state index contributed by atoms with van der Waals surface area (Å²) in [7, 11) is 0. The largest absolute Gasteiger partial charge is 0.264 e. The first kappa shape index (κ1) is 25.9. The average Bonchev–Trinajstić information content (AvgIpc) is 3.32. The molecule has 212 valence electrons. The van der Waals surface area contributed by atoms with Gasteiger partial charge in [-0.05, 0) is 101 Å². The molecule has 0 amide bonds. The van der Waals surface area contributed by atoms with Crippen LogP contribution in [0.1, 0.15) is 25.0 Å². The van der Waals surface area contributed by atoms with Crippen molar-refractivity contribution in [2.45, 2.75) is 19.3 Å². The quantitative estimate of drug-likeness (QED) is 0.192. The van der Waals surface area contributed by atoms with Gasteiger partial charge in [-0.3, -0.25) is 4.98 Å². The topological polar surface area (TPSA) is 12.9 Å². The van der Waals surface area contributed by atoms with Crippen molar-refractivity contribution in [2.75, 3.05) is 0 Å². The summed E-state index contributed by atoms with van der Waals surface area (Å²) in [5, 5.41) is 7.39. The highest BCUT2D eigenvalue weighted by Gasteiger charge is 2.35. The Morgan fingerprint density at radius 1 is 0.422 bits per heavy atom. The molecule has 0 saturated heterocycles. The number of nitrogens with zero attached hydrogens (tertiary/aromatic N) is 1. The van der Waals surface area contributed by atoms with Crippen LogP contribution in [0, 0.1) is 0 Å². The van der Waals surface area contributed by atoms with E-state index in [0.29, 0.717) is 0 Å². The van der Waals surface area contributed by atoms with E-state index < -0.39 is 0 Å². The highest BCUT2D eigenvalue weighted by Crippen LogP contribution is 2.50. The molecule has 0 unspecified atom stereocenters. The van der Waals surface area contributed by atoms with Crippen molar-refractivity contribution in [2.24, 2.45) is 0 Å². The monoisotopic (exact) mass is 573 g/mol. The lowest BCUT2D eigenvalue weighted by Gasteiger charge is -2.22. The Hall–Kier alpha value is -5.53. The first-order chi connectivity index (χ1) is 22.1. The fourth-order valence-electron chi connectivity index (χ4n) is 7.80. The van der Waals surface area contributed by atoms with Crippen molar-refractivity contribution in [3.8, 4) is 44.5 Å². The predicted octanol–water partition coefficient (Wildman–Crippen LogP) is 11.8. The Balaban J connectivity index is 1.27. The SMILES string of the molecule is CC1(C)c2ccccc2-c2ccc(-c3cccc(-c4c5ccccc5c(-c5cccc6ccccc56)c5ccncc45)c3)cc21. The predicted molar refractivity (Wildman–Crippen MR) is 191 cm³/mol. The number of hydrogen-bond donors (Lipinski definition) is 0. The Kier molecular flexibility index (Phi) is 5.61. The van der Waals surface area contributed by atoms with Crippen LogP contribution in [0.15, 0.2) is 152 Å². The Morgan fingerprint density at radius 2 is 1.04 bits per heavy atom. The first-order valence-corrected chi connectivity index (χ1v) is 15.7. The van der Waals surface area contributed by atoms with Crippen molar-refractivity contribution >= 4 is 32.3 Å². The van der Waals surface area contributed by atoms with Gasteiger partial charge in [0.2, 0.25) is 0 Å². The van der Waals surface area contributed by atoms with Crippen LogP contribution in [0.4, 0.5) is 0 Å². The van der Waals surface area contributed by atoms with Crippen LogP contribution in [-0.2, 0) is 5.41 Å². The number of benzene rings is 7. The van der Waals surface area contributed by atoms with Crippen LogP contribution in [0.2, 0.25) is 0 Å². The maximum absolute atomic E-state index is 4.66. The zero-order chi connectivity index (χ0) is 30.1. The third-order valence-corrected chi connectivity index (χ3v) is 9.95. The molecule has 1 aliphatic rings. The van der Waals surface area contributed by atoms with Gasteiger partial charge >= 0.3 is 0 Å².